The molecular weight excluding hydrogens is 266 g/mol. The largest absolute Gasteiger partial charge is 0.482 e. The summed E-state index contributed by atoms with van der Waals surface area (Å²) in [5.41, 5.74) is 4.28. The summed E-state index contributed by atoms with van der Waals surface area (Å²) in [6, 6.07) is 0. The van der Waals surface area contributed by atoms with Crippen molar-refractivity contribution in [3.05, 3.63) is 16.8 Å². The van der Waals surface area contributed by atoms with E-state index in [0.29, 0.717) is 19.1 Å². The first-order chi connectivity index (χ1) is 10.2. The van der Waals surface area contributed by atoms with E-state index in [2.05, 4.69) is 11.6 Å². The highest BCUT2D eigenvalue weighted by Crippen LogP contribution is 2.57. The van der Waals surface area contributed by atoms with Crippen LogP contribution in [-0.4, -0.2) is 30.7 Å². The summed E-state index contributed by atoms with van der Waals surface area (Å²) in [5, 5.41) is 0. The van der Waals surface area contributed by atoms with E-state index in [9.17, 15) is 0 Å². The van der Waals surface area contributed by atoms with Gasteiger partial charge >= 0.3 is 0 Å². The molecule has 118 valence electrons. The third-order valence-corrected chi connectivity index (χ3v) is 4.86. The van der Waals surface area contributed by atoms with E-state index in [0.717, 1.165) is 25.1 Å². The van der Waals surface area contributed by atoms with Gasteiger partial charge in [-0.25, -0.2) is 0 Å². The Morgan fingerprint density at radius 3 is 2.29 bits per heavy atom. The quantitative estimate of drug-likeness (QED) is 0.755. The van der Waals surface area contributed by atoms with E-state index in [1.54, 1.807) is 7.11 Å². The topological polar surface area (TPSA) is 32.6 Å². The minimum atomic E-state index is -0.397. The maximum Gasteiger partial charge on any atom is 0.196 e. The zero-order chi connectivity index (χ0) is 15.0. The minimum Gasteiger partial charge on any atom is -0.482 e. The van der Waals surface area contributed by atoms with Crippen LogP contribution in [0.15, 0.2) is 0 Å². The molecule has 1 heterocycles. The molecule has 1 aromatic heterocycles. The molecule has 0 saturated heterocycles. The highest BCUT2D eigenvalue weighted by Gasteiger charge is 2.60. The SMILES string of the molecule is CCOC1(OCC)C[C@H]1c1c2c(c(OC)n1C)CCCC2. The molecule has 1 fully saturated rings. The van der Waals surface area contributed by atoms with Gasteiger partial charge in [0.1, 0.15) is 0 Å². The van der Waals surface area contributed by atoms with Gasteiger partial charge in [-0.1, -0.05) is 0 Å². The Hall–Kier alpha value is -1.00. The summed E-state index contributed by atoms with van der Waals surface area (Å²) in [5.74, 6) is 0.984. The van der Waals surface area contributed by atoms with Crippen LogP contribution in [0.1, 0.15) is 55.8 Å². The Labute approximate surface area is 127 Å². The average molecular weight is 293 g/mol. The molecular formula is C17H27NO3. The average Bonchev–Trinajstić information content (AvgIpc) is 3.07. The molecule has 2 aliphatic carbocycles. The predicted octanol–water partition coefficient (Wildman–Crippen LogP) is 3.17. The van der Waals surface area contributed by atoms with Gasteiger partial charge in [0.25, 0.3) is 0 Å². The second-order valence-corrected chi connectivity index (χ2v) is 6.05. The number of rotatable bonds is 6. The summed E-state index contributed by atoms with van der Waals surface area (Å²) >= 11 is 0. The fraction of sp³-hybridized carbons (Fsp3) is 0.765. The normalized spacial score (nSPS) is 23.0. The van der Waals surface area contributed by atoms with E-state index < -0.39 is 5.79 Å². The van der Waals surface area contributed by atoms with E-state index in [1.807, 2.05) is 13.8 Å². The van der Waals surface area contributed by atoms with Gasteiger partial charge in [-0.2, -0.15) is 0 Å². The molecule has 0 aliphatic heterocycles. The van der Waals surface area contributed by atoms with Gasteiger partial charge in [0.2, 0.25) is 0 Å². The second-order valence-electron chi connectivity index (χ2n) is 6.05. The number of methoxy groups -OCH3 is 1. The van der Waals surface area contributed by atoms with Gasteiger partial charge in [0, 0.05) is 37.9 Å². The molecule has 0 N–H and O–H groups in total. The molecule has 0 unspecified atom stereocenters. The minimum absolute atomic E-state index is 0.346. The molecule has 1 saturated carbocycles. The van der Waals surface area contributed by atoms with Crippen LogP contribution in [0.3, 0.4) is 0 Å². The molecule has 1 atom stereocenters. The van der Waals surface area contributed by atoms with Crippen molar-refractivity contribution in [1.82, 2.24) is 4.57 Å². The smallest absolute Gasteiger partial charge is 0.196 e. The number of hydrogen-bond donors (Lipinski definition) is 0. The molecule has 0 radical (unpaired) electrons. The van der Waals surface area contributed by atoms with Crippen LogP contribution >= 0.6 is 0 Å². The third kappa shape index (κ3) is 2.29. The van der Waals surface area contributed by atoms with Crippen LogP contribution < -0.4 is 4.74 Å². The van der Waals surface area contributed by atoms with E-state index >= 15 is 0 Å². The zero-order valence-corrected chi connectivity index (χ0v) is 13.7. The number of hydrogen-bond acceptors (Lipinski definition) is 3. The maximum absolute atomic E-state index is 5.96. The third-order valence-electron chi connectivity index (χ3n) is 4.86. The first kappa shape index (κ1) is 14.9. The monoisotopic (exact) mass is 293 g/mol. The van der Waals surface area contributed by atoms with Crippen molar-refractivity contribution in [3.63, 3.8) is 0 Å². The maximum atomic E-state index is 5.96. The Morgan fingerprint density at radius 2 is 1.71 bits per heavy atom. The van der Waals surface area contributed by atoms with Crippen LogP contribution in [0.2, 0.25) is 0 Å². The molecule has 0 bridgehead atoms. The van der Waals surface area contributed by atoms with Gasteiger partial charge < -0.3 is 18.8 Å². The Kier molecular flexibility index (Phi) is 4.02. The van der Waals surface area contributed by atoms with Crippen LogP contribution in [0.25, 0.3) is 0 Å². The van der Waals surface area contributed by atoms with Crippen LogP contribution in [0.5, 0.6) is 5.88 Å². The standard InChI is InChI=1S/C17H27NO3/c1-5-20-17(21-6-2)11-14(17)15-12-9-7-8-10-13(12)16(19-4)18(15)3/h14H,5-11H2,1-4H3/t14-/m0/s1. The second kappa shape index (κ2) is 5.65. The van der Waals surface area contributed by atoms with Crippen molar-refractivity contribution >= 4 is 0 Å². The van der Waals surface area contributed by atoms with Gasteiger partial charge in [0.15, 0.2) is 11.7 Å². The number of fused-ring (bicyclic) bond motifs is 1. The summed E-state index contributed by atoms with van der Waals surface area (Å²) in [4.78, 5) is 0. The lowest BCUT2D eigenvalue weighted by Crippen LogP contribution is -2.22. The molecule has 21 heavy (non-hydrogen) atoms. The molecule has 2 aliphatic rings. The van der Waals surface area contributed by atoms with E-state index in [4.69, 9.17) is 14.2 Å². The van der Waals surface area contributed by atoms with Crippen molar-refractivity contribution in [2.24, 2.45) is 7.05 Å². The lowest BCUT2D eigenvalue weighted by molar-refractivity contribution is -0.165. The molecule has 1 aromatic rings. The summed E-state index contributed by atoms with van der Waals surface area (Å²) < 4.78 is 19.8. The summed E-state index contributed by atoms with van der Waals surface area (Å²) in [6.45, 7) is 5.47. The zero-order valence-electron chi connectivity index (χ0n) is 13.7. The molecule has 3 rings (SSSR count). The van der Waals surface area contributed by atoms with Gasteiger partial charge in [-0.15, -0.1) is 0 Å². The highest BCUT2D eigenvalue weighted by atomic mass is 16.7. The molecule has 0 aromatic carbocycles. The molecule has 4 heteroatoms. The van der Waals surface area contributed by atoms with Crippen LogP contribution in [0.4, 0.5) is 0 Å². The van der Waals surface area contributed by atoms with E-state index in [1.165, 1.54) is 29.7 Å². The predicted molar refractivity (Wildman–Crippen MR) is 81.9 cm³/mol. The van der Waals surface area contributed by atoms with Crippen molar-refractivity contribution in [2.45, 2.75) is 57.7 Å². The Morgan fingerprint density at radius 1 is 1.10 bits per heavy atom. The van der Waals surface area contributed by atoms with E-state index in [-0.39, 0.29) is 0 Å². The summed E-state index contributed by atoms with van der Waals surface area (Å²) in [7, 11) is 3.90. The first-order valence-corrected chi connectivity index (χ1v) is 8.20. The fourth-order valence-electron chi connectivity index (χ4n) is 4.02. The van der Waals surface area contributed by atoms with Crippen molar-refractivity contribution in [2.75, 3.05) is 20.3 Å². The van der Waals surface area contributed by atoms with Gasteiger partial charge in [-0.05, 0) is 45.1 Å². The molecule has 0 spiro atoms. The summed E-state index contributed by atoms with van der Waals surface area (Å²) in [6.07, 6.45) is 5.79. The van der Waals surface area contributed by atoms with Crippen molar-refractivity contribution in [3.8, 4) is 5.88 Å². The van der Waals surface area contributed by atoms with Crippen molar-refractivity contribution < 1.29 is 14.2 Å². The Bertz CT molecular complexity index is 515. The fourth-order valence-corrected chi connectivity index (χ4v) is 4.02. The molecule has 4 nitrogen and oxygen atoms in total. The van der Waals surface area contributed by atoms with Crippen LogP contribution in [0, 0.1) is 0 Å². The number of aromatic nitrogens is 1. The molecule has 0 amide bonds. The Balaban J connectivity index is 1.98. The lowest BCUT2D eigenvalue weighted by Gasteiger charge is -2.19. The first-order valence-electron chi connectivity index (χ1n) is 8.20. The lowest BCUT2D eigenvalue weighted by atomic mass is 9.92. The van der Waals surface area contributed by atoms with Gasteiger partial charge in [0.05, 0.1) is 13.0 Å². The highest BCUT2D eigenvalue weighted by molar-refractivity contribution is 5.48. The number of nitrogens with zero attached hydrogens (tertiary/aromatic N) is 1. The number of ether oxygens (including phenoxy) is 3. The van der Waals surface area contributed by atoms with Gasteiger partial charge in [-0.3, -0.25) is 0 Å². The van der Waals surface area contributed by atoms with Crippen molar-refractivity contribution in [1.29, 1.82) is 0 Å². The van der Waals surface area contributed by atoms with Crippen LogP contribution in [-0.2, 0) is 29.4 Å².